The topological polar surface area (TPSA) is 58.1 Å². The van der Waals surface area contributed by atoms with Crippen molar-refractivity contribution in [2.45, 2.75) is 26.3 Å². The standard InChI is InChI=1S/C22H24N4O/c1-16(2)18-11-7-8-12-19(18)24-21(27)20-13-14-23-22(25-20)26(3)15-17-9-5-4-6-10-17/h4-14,16H,15H2,1-3H3,(H,24,27). The molecule has 1 N–H and O–H groups in total. The largest absolute Gasteiger partial charge is 0.340 e. The predicted molar refractivity (Wildman–Crippen MR) is 109 cm³/mol. The molecule has 0 radical (unpaired) electrons. The number of hydrogen-bond acceptors (Lipinski definition) is 4. The Bertz CT molecular complexity index is 909. The van der Waals surface area contributed by atoms with Crippen molar-refractivity contribution >= 4 is 17.5 Å². The van der Waals surface area contributed by atoms with Crippen LogP contribution in [0.2, 0.25) is 0 Å². The molecule has 1 heterocycles. The molecule has 0 atom stereocenters. The SMILES string of the molecule is CC(C)c1ccccc1NC(=O)c1ccnc(N(C)Cc2ccccc2)n1. The number of rotatable bonds is 6. The number of anilines is 2. The average molecular weight is 360 g/mol. The molecule has 2 aromatic carbocycles. The summed E-state index contributed by atoms with van der Waals surface area (Å²) in [5.74, 6) is 0.600. The molecule has 138 valence electrons. The molecule has 3 aromatic rings. The fourth-order valence-corrected chi connectivity index (χ4v) is 2.89. The van der Waals surface area contributed by atoms with E-state index in [9.17, 15) is 4.79 Å². The van der Waals surface area contributed by atoms with E-state index in [2.05, 4.69) is 41.3 Å². The molecule has 5 heteroatoms. The Morgan fingerprint density at radius 1 is 1.04 bits per heavy atom. The lowest BCUT2D eigenvalue weighted by Crippen LogP contribution is -2.21. The third-order valence-corrected chi connectivity index (χ3v) is 4.31. The average Bonchev–Trinajstić information content (AvgIpc) is 2.69. The summed E-state index contributed by atoms with van der Waals surface area (Å²) in [6, 6.07) is 19.6. The van der Waals surface area contributed by atoms with Gasteiger partial charge in [-0.25, -0.2) is 9.97 Å². The molecule has 1 aromatic heterocycles. The number of hydrogen-bond donors (Lipinski definition) is 1. The minimum atomic E-state index is -0.236. The smallest absolute Gasteiger partial charge is 0.274 e. The van der Waals surface area contributed by atoms with E-state index in [-0.39, 0.29) is 5.91 Å². The van der Waals surface area contributed by atoms with Crippen LogP contribution in [0.4, 0.5) is 11.6 Å². The van der Waals surface area contributed by atoms with Gasteiger partial charge in [0, 0.05) is 25.5 Å². The molecule has 0 spiro atoms. The quantitative estimate of drug-likeness (QED) is 0.704. The third-order valence-electron chi connectivity index (χ3n) is 4.31. The number of benzene rings is 2. The van der Waals surface area contributed by atoms with E-state index in [4.69, 9.17) is 0 Å². The summed E-state index contributed by atoms with van der Waals surface area (Å²) in [5, 5.41) is 2.98. The highest BCUT2D eigenvalue weighted by Gasteiger charge is 2.14. The number of nitrogens with one attached hydrogen (secondary N) is 1. The fourth-order valence-electron chi connectivity index (χ4n) is 2.89. The zero-order chi connectivity index (χ0) is 19.2. The monoisotopic (exact) mass is 360 g/mol. The van der Waals surface area contributed by atoms with Crippen molar-refractivity contribution in [2.75, 3.05) is 17.3 Å². The molecule has 0 aliphatic heterocycles. The molecule has 27 heavy (non-hydrogen) atoms. The molecule has 0 saturated heterocycles. The molecular formula is C22H24N4O. The van der Waals surface area contributed by atoms with Crippen molar-refractivity contribution in [2.24, 2.45) is 0 Å². The highest BCUT2D eigenvalue weighted by molar-refractivity contribution is 6.03. The second-order valence-electron chi connectivity index (χ2n) is 6.78. The normalized spacial score (nSPS) is 10.7. The van der Waals surface area contributed by atoms with Gasteiger partial charge >= 0.3 is 0 Å². The summed E-state index contributed by atoms with van der Waals surface area (Å²) in [6.45, 7) is 4.88. The first kappa shape index (κ1) is 18.6. The molecule has 0 aliphatic carbocycles. The Kier molecular flexibility index (Phi) is 5.81. The van der Waals surface area contributed by atoms with Crippen LogP contribution in [-0.4, -0.2) is 22.9 Å². The van der Waals surface area contributed by atoms with Gasteiger partial charge in [0.25, 0.3) is 5.91 Å². The summed E-state index contributed by atoms with van der Waals surface area (Å²) in [5.41, 5.74) is 3.42. The van der Waals surface area contributed by atoms with Crippen LogP contribution in [0.25, 0.3) is 0 Å². The zero-order valence-electron chi connectivity index (χ0n) is 15.9. The Balaban J connectivity index is 1.76. The Morgan fingerprint density at radius 2 is 1.74 bits per heavy atom. The third kappa shape index (κ3) is 4.70. The number of aromatic nitrogens is 2. The van der Waals surface area contributed by atoms with Crippen LogP contribution in [0.1, 0.15) is 41.4 Å². The fraction of sp³-hybridized carbons (Fsp3) is 0.227. The van der Waals surface area contributed by atoms with Crippen molar-refractivity contribution in [3.8, 4) is 0 Å². The van der Waals surface area contributed by atoms with Crippen molar-refractivity contribution in [3.05, 3.63) is 83.7 Å². The minimum absolute atomic E-state index is 0.236. The van der Waals surface area contributed by atoms with Gasteiger partial charge in [0.15, 0.2) is 0 Å². The highest BCUT2D eigenvalue weighted by atomic mass is 16.1. The van der Waals surface area contributed by atoms with Gasteiger partial charge in [0.05, 0.1) is 0 Å². The molecule has 0 saturated carbocycles. The van der Waals surface area contributed by atoms with Crippen LogP contribution >= 0.6 is 0 Å². The molecule has 0 aliphatic rings. The predicted octanol–water partition coefficient (Wildman–Crippen LogP) is 4.49. The van der Waals surface area contributed by atoms with Crippen LogP contribution in [-0.2, 0) is 6.54 Å². The summed E-state index contributed by atoms with van der Waals surface area (Å²) in [7, 11) is 1.91. The van der Waals surface area contributed by atoms with Crippen LogP contribution in [0.3, 0.4) is 0 Å². The summed E-state index contributed by atoms with van der Waals surface area (Å²) < 4.78 is 0. The molecular weight excluding hydrogens is 336 g/mol. The van der Waals surface area contributed by atoms with Crippen molar-refractivity contribution in [1.82, 2.24) is 9.97 Å². The zero-order valence-corrected chi connectivity index (χ0v) is 15.9. The maximum absolute atomic E-state index is 12.7. The molecule has 0 bridgehead atoms. The Hall–Kier alpha value is -3.21. The first-order valence-electron chi connectivity index (χ1n) is 9.03. The Labute approximate surface area is 160 Å². The highest BCUT2D eigenvalue weighted by Crippen LogP contribution is 2.24. The molecule has 3 rings (SSSR count). The van der Waals surface area contributed by atoms with Gasteiger partial charge in [-0.3, -0.25) is 4.79 Å². The first-order valence-corrected chi connectivity index (χ1v) is 9.03. The van der Waals surface area contributed by atoms with Crippen LogP contribution in [0, 0.1) is 0 Å². The second-order valence-corrected chi connectivity index (χ2v) is 6.78. The van der Waals surface area contributed by atoms with E-state index in [0.717, 1.165) is 16.8 Å². The van der Waals surface area contributed by atoms with Gasteiger partial charge in [-0.15, -0.1) is 0 Å². The van der Waals surface area contributed by atoms with Gasteiger partial charge in [-0.1, -0.05) is 62.4 Å². The lowest BCUT2D eigenvalue weighted by atomic mass is 10.0. The molecule has 0 unspecified atom stereocenters. The Morgan fingerprint density at radius 3 is 2.48 bits per heavy atom. The van der Waals surface area contributed by atoms with E-state index in [1.54, 1.807) is 12.3 Å². The van der Waals surface area contributed by atoms with Gasteiger partial charge in [0.1, 0.15) is 5.69 Å². The van der Waals surface area contributed by atoms with Gasteiger partial charge < -0.3 is 10.2 Å². The minimum Gasteiger partial charge on any atom is -0.340 e. The van der Waals surface area contributed by atoms with Gasteiger partial charge in [0.2, 0.25) is 5.95 Å². The van der Waals surface area contributed by atoms with Crippen molar-refractivity contribution in [1.29, 1.82) is 0 Å². The number of carbonyl (C=O) groups excluding carboxylic acids is 1. The number of nitrogens with zero attached hydrogens (tertiary/aromatic N) is 3. The van der Waals surface area contributed by atoms with E-state index in [0.29, 0.717) is 24.1 Å². The van der Waals surface area contributed by atoms with E-state index in [1.165, 1.54) is 0 Å². The van der Waals surface area contributed by atoms with Crippen LogP contribution in [0.15, 0.2) is 66.9 Å². The van der Waals surface area contributed by atoms with Crippen molar-refractivity contribution < 1.29 is 4.79 Å². The molecule has 0 fully saturated rings. The number of amides is 1. The molecule has 1 amide bonds. The van der Waals surface area contributed by atoms with E-state index in [1.807, 2.05) is 54.4 Å². The van der Waals surface area contributed by atoms with Gasteiger partial charge in [-0.2, -0.15) is 0 Å². The maximum atomic E-state index is 12.7. The number of para-hydroxylation sites is 1. The van der Waals surface area contributed by atoms with Crippen molar-refractivity contribution in [3.63, 3.8) is 0 Å². The van der Waals surface area contributed by atoms with E-state index >= 15 is 0 Å². The summed E-state index contributed by atoms with van der Waals surface area (Å²) in [6.07, 6.45) is 1.62. The lowest BCUT2D eigenvalue weighted by molar-refractivity contribution is 0.102. The summed E-state index contributed by atoms with van der Waals surface area (Å²) in [4.78, 5) is 23.4. The number of carbonyl (C=O) groups is 1. The summed E-state index contributed by atoms with van der Waals surface area (Å²) >= 11 is 0. The van der Waals surface area contributed by atoms with Gasteiger partial charge in [-0.05, 0) is 29.2 Å². The molecule has 5 nitrogen and oxygen atoms in total. The lowest BCUT2D eigenvalue weighted by Gasteiger charge is -2.18. The van der Waals surface area contributed by atoms with Crippen LogP contribution < -0.4 is 10.2 Å². The van der Waals surface area contributed by atoms with E-state index < -0.39 is 0 Å². The van der Waals surface area contributed by atoms with Crippen LogP contribution in [0.5, 0.6) is 0 Å². The first-order chi connectivity index (χ1) is 13.0. The second kappa shape index (κ2) is 8.45. The maximum Gasteiger partial charge on any atom is 0.274 e.